The third kappa shape index (κ3) is 3.38. The van der Waals surface area contributed by atoms with Crippen LogP contribution in [0.25, 0.3) is 11.0 Å². The van der Waals surface area contributed by atoms with Gasteiger partial charge in [-0.15, -0.1) is 0 Å². The van der Waals surface area contributed by atoms with Gasteiger partial charge >= 0.3 is 0 Å². The van der Waals surface area contributed by atoms with Crippen LogP contribution in [0.4, 0.5) is 0 Å². The molecule has 0 N–H and O–H groups in total. The molecule has 0 spiro atoms. The summed E-state index contributed by atoms with van der Waals surface area (Å²) in [6, 6.07) is 6.01. The minimum absolute atomic E-state index is 0.135. The molecule has 1 aliphatic carbocycles. The first-order valence-electron chi connectivity index (χ1n) is 9.08. The van der Waals surface area contributed by atoms with E-state index in [1.165, 1.54) is 0 Å². The first kappa shape index (κ1) is 16.1. The third-order valence-corrected chi connectivity index (χ3v) is 5.23. The van der Waals surface area contributed by atoms with Gasteiger partial charge in [0.2, 0.25) is 11.8 Å². The maximum atomic E-state index is 12.7. The predicted molar refractivity (Wildman–Crippen MR) is 94.9 cm³/mol. The van der Waals surface area contributed by atoms with Gasteiger partial charge in [0.05, 0.1) is 23.8 Å². The Kier molecular flexibility index (Phi) is 4.19. The molecule has 4 rings (SSSR count). The summed E-state index contributed by atoms with van der Waals surface area (Å²) in [5.74, 6) is 0.679. The Morgan fingerprint density at radius 2 is 1.88 bits per heavy atom. The van der Waals surface area contributed by atoms with Crippen LogP contribution in [0, 0.1) is 5.92 Å². The Hall–Kier alpha value is -2.37. The number of imidazole rings is 1. The fourth-order valence-corrected chi connectivity index (χ4v) is 3.55. The summed E-state index contributed by atoms with van der Waals surface area (Å²) in [4.78, 5) is 33.1. The average molecular weight is 340 g/mol. The first-order chi connectivity index (χ1) is 12.1. The maximum absolute atomic E-state index is 12.7. The summed E-state index contributed by atoms with van der Waals surface area (Å²) in [6.07, 6.45) is 5.12. The second-order valence-electron chi connectivity index (χ2n) is 7.19. The fraction of sp³-hybridized carbons (Fsp3) is 0.526. The molecule has 0 atom stereocenters. The molecule has 1 aromatic carbocycles. The van der Waals surface area contributed by atoms with E-state index >= 15 is 0 Å². The second kappa shape index (κ2) is 6.50. The van der Waals surface area contributed by atoms with Crippen molar-refractivity contribution in [2.75, 3.05) is 26.2 Å². The molecule has 1 saturated carbocycles. The molecular weight excluding hydrogens is 316 g/mol. The van der Waals surface area contributed by atoms with Crippen LogP contribution in [0.1, 0.15) is 24.8 Å². The van der Waals surface area contributed by atoms with E-state index in [1.54, 1.807) is 6.33 Å². The SMILES string of the molecule is Cn1cnc2cc(CC(=O)N3CCCN(C(=O)C4CC4)CC3)ccc21. The van der Waals surface area contributed by atoms with E-state index < -0.39 is 0 Å². The molecule has 6 nitrogen and oxygen atoms in total. The highest BCUT2D eigenvalue weighted by atomic mass is 16.2. The van der Waals surface area contributed by atoms with Crippen molar-refractivity contribution < 1.29 is 9.59 Å². The molecule has 2 fully saturated rings. The van der Waals surface area contributed by atoms with Gasteiger partial charge in [-0.2, -0.15) is 0 Å². The molecule has 25 heavy (non-hydrogen) atoms. The normalized spacial score (nSPS) is 18.4. The van der Waals surface area contributed by atoms with Crippen molar-refractivity contribution in [3.05, 3.63) is 30.1 Å². The van der Waals surface area contributed by atoms with Crippen molar-refractivity contribution in [3.63, 3.8) is 0 Å². The van der Waals surface area contributed by atoms with E-state index in [9.17, 15) is 9.59 Å². The number of hydrogen-bond donors (Lipinski definition) is 0. The number of carbonyl (C=O) groups excluding carboxylic acids is 2. The van der Waals surface area contributed by atoms with Gasteiger partial charge in [-0.25, -0.2) is 4.98 Å². The molecule has 2 heterocycles. The topological polar surface area (TPSA) is 58.4 Å². The van der Waals surface area contributed by atoms with Gasteiger partial charge in [0, 0.05) is 39.1 Å². The van der Waals surface area contributed by atoms with E-state index in [2.05, 4.69) is 4.98 Å². The van der Waals surface area contributed by atoms with Crippen molar-refractivity contribution in [2.24, 2.45) is 13.0 Å². The zero-order valence-corrected chi connectivity index (χ0v) is 14.6. The number of carbonyl (C=O) groups is 2. The van der Waals surface area contributed by atoms with E-state index in [0.717, 1.165) is 48.9 Å². The van der Waals surface area contributed by atoms with Crippen LogP contribution < -0.4 is 0 Å². The largest absolute Gasteiger partial charge is 0.341 e. The minimum atomic E-state index is 0.135. The average Bonchev–Trinajstić information content (AvgIpc) is 3.42. The smallest absolute Gasteiger partial charge is 0.227 e. The number of benzene rings is 1. The van der Waals surface area contributed by atoms with Gasteiger partial charge in [0.15, 0.2) is 0 Å². The maximum Gasteiger partial charge on any atom is 0.227 e. The van der Waals surface area contributed by atoms with E-state index in [1.807, 2.05) is 39.6 Å². The Labute approximate surface area is 147 Å². The standard InChI is InChI=1S/C19H24N4O2/c1-21-13-20-16-11-14(3-6-17(16)21)12-18(24)22-7-2-8-23(10-9-22)19(25)15-4-5-15/h3,6,11,13,15H,2,4-5,7-10,12H2,1H3. The highest BCUT2D eigenvalue weighted by Gasteiger charge is 2.34. The molecule has 1 aliphatic heterocycles. The summed E-state index contributed by atoms with van der Waals surface area (Å²) >= 11 is 0. The van der Waals surface area contributed by atoms with Gasteiger partial charge < -0.3 is 14.4 Å². The Morgan fingerprint density at radius 3 is 2.68 bits per heavy atom. The molecule has 2 aromatic rings. The van der Waals surface area contributed by atoms with Crippen LogP contribution >= 0.6 is 0 Å². The van der Waals surface area contributed by atoms with Gasteiger partial charge in [-0.1, -0.05) is 6.07 Å². The zero-order chi connectivity index (χ0) is 17.4. The van der Waals surface area contributed by atoms with Gasteiger partial charge in [0.1, 0.15) is 0 Å². The number of rotatable bonds is 3. The summed E-state index contributed by atoms with van der Waals surface area (Å²) in [5, 5.41) is 0. The van der Waals surface area contributed by atoms with Crippen LogP contribution in [0.2, 0.25) is 0 Å². The van der Waals surface area contributed by atoms with Crippen LogP contribution in [0.15, 0.2) is 24.5 Å². The van der Waals surface area contributed by atoms with Crippen molar-refractivity contribution in [3.8, 4) is 0 Å². The fourth-order valence-electron chi connectivity index (χ4n) is 3.55. The van der Waals surface area contributed by atoms with Crippen molar-refractivity contribution in [1.29, 1.82) is 0 Å². The minimum Gasteiger partial charge on any atom is -0.341 e. The number of hydrogen-bond acceptors (Lipinski definition) is 3. The highest BCUT2D eigenvalue weighted by molar-refractivity contribution is 5.83. The molecule has 0 bridgehead atoms. The number of aromatic nitrogens is 2. The van der Waals surface area contributed by atoms with Crippen molar-refractivity contribution >= 4 is 22.8 Å². The summed E-state index contributed by atoms with van der Waals surface area (Å²) < 4.78 is 1.97. The molecule has 1 aromatic heterocycles. The summed E-state index contributed by atoms with van der Waals surface area (Å²) in [7, 11) is 1.96. The van der Waals surface area contributed by atoms with Gasteiger partial charge in [-0.3, -0.25) is 9.59 Å². The Balaban J connectivity index is 1.39. The monoisotopic (exact) mass is 340 g/mol. The number of amides is 2. The lowest BCUT2D eigenvalue weighted by Gasteiger charge is -2.22. The van der Waals surface area contributed by atoms with Crippen molar-refractivity contribution in [1.82, 2.24) is 19.4 Å². The molecule has 0 unspecified atom stereocenters. The molecular formula is C19H24N4O2. The number of fused-ring (bicyclic) bond motifs is 1. The van der Waals surface area contributed by atoms with Gasteiger partial charge in [-0.05, 0) is 37.0 Å². The first-order valence-corrected chi connectivity index (χ1v) is 9.08. The van der Waals surface area contributed by atoms with Crippen LogP contribution in [-0.2, 0) is 23.1 Å². The van der Waals surface area contributed by atoms with Crippen LogP contribution in [0.5, 0.6) is 0 Å². The van der Waals surface area contributed by atoms with E-state index in [4.69, 9.17) is 0 Å². The molecule has 2 amide bonds. The third-order valence-electron chi connectivity index (χ3n) is 5.23. The molecule has 0 radical (unpaired) electrons. The number of nitrogens with zero attached hydrogens (tertiary/aromatic N) is 4. The lowest BCUT2D eigenvalue weighted by molar-refractivity contribution is -0.134. The van der Waals surface area contributed by atoms with Gasteiger partial charge in [0.25, 0.3) is 0 Å². The molecule has 2 aliphatic rings. The van der Waals surface area contributed by atoms with Crippen molar-refractivity contribution in [2.45, 2.75) is 25.7 Å². The molecule has 132 valence electrons. The molecule has 1 saturated heterocycles. The quantitative estimate of drug-likeness (QED) is 0.852. The zero-order valence-electron chi connectivity index (χ0n) is 14.6. The van der Waals surface area contributed by atoms with E-state index in [-0.39, 0.29) is 17.7 Å². The highest BCUT2D eigenvalue weighted by Crippen LogP contribution is 2.31. The lowest BCUT2D eigenvalue weighted by atomic mass is 10.1. The lowest BCUT2D eigenvalue weighted by Crippen LogP contribution is -2.38. The Morgan fingerprint density at radius 1 is 1.12 bits per heavy atom. The van der Waals surface area contributed by atoms with Crippen LogP contribution in [0.3, 0.4) is 0 Å². The number of aryl methyl sites for hydroxylation is 1. The van der Waals surface area contributed by atoms with E-state index in [0.29, 0.717) is 19.5 Å². The second-order valence-corrected chi connectivity index (χ2v) is 7.19. The Bertz CT molecular complexity index is 809. The van der Waals surface area contributed by atoms with Crippen LogP contribution in [-0.4, -0.2) is 57.3 Å². The summed E-state index contributed by atoms with van der Waals surface area (Å²) in [5.41, 5.74) is 2.98. The molecule has 6 heteroatoms. The predicted octanol–water partition coefficient (Wildman–Crippen LogP) is 1.59. The summed E-state index contributed by atoms with van der Waals surface area (Å²) in [6.45, 7) is 2.82.